The third-order valence-electron chi connectivity index (χ3n) is 2.13. The normalized spacial score (nSPS) is 11.7. The number of carbonyl (C=O) groups excluding carboxylic acids is 1. The Morgan fingerprint density at radius 2 is 2.11 bits per heavy atom. The van der Waals surface area contributed by atoms with Crippen LogP contribution in [-0.2, 0) is 9.53 Å². The van der Waals surface area contributed by atoms with Gasteiger partial charge in [-0.25, -0.2) is 4.79 Å². The maximum atomic E-state index is 11.5. The highest BCUT2D eigenvalue weighted by Gasteiger charge is 2.16. The second-order valence-corrected chi connectivity index (χ2v) is 3.43. The minimum atomic E-state index is -1.27. The van der Waals surface area contributed by atoms with Gasteiger partial charge in [-0.2, -0.15) is 0 Å². The Bertz CT molecular complexity index is 459. The van der Waals surface area contributed by atoms with E-state index in [9.17, 15) is 14.7 Å². The molecule has 0 aliphatic carbocycles. The lowest BCUT2D eigenvalue weighted by Crippen LogP contribution is -2.35. The van der Waals surface area contributed by atoms with Gasteiger partial charge >= 0.3 is 11.9 Å². The summed E-state index contributed by atoms with van der Waals surface area (Å²) >= 11 is 0. The number of carboxylic acids is 1. The minimum Gasteiger partial charge on any atom is -0.504 e. The van der Waals surface area contributed by atoms with Crippen LogP contribution in [0.1, 0.15) is 10.4 Å². The molecule has 0 bridgehead atoms. The number of ether oxygens (including phenoxy) is 2. The fraction of sp³-hybridized carbons (Fsp3) is 0.273. The van der Waals surface area contributed by atoms with E-state index in [1.54, 1.807) is 0 Å². The maximum Gasteiger partial charge on any atom is 0.338 e. The number of aromatic hydroxyl groups is 1. The Hall–Kier alpha value is -2.28. The lowest BCUT2D eigenvalue weighted by Gasteiger charge is -2.09. The predicted octanol–water partition coefficient (Wildman–Crippen LogP) is -0.0305. The van der Waals surface area contributed by atoms with E-state index in [0.29, 0.717) is 0 Å². The van der Waals surface area contributed by atoms with Crippen LogP contribution in [0.2, 0.25) is 0 Å². The van der Waals surface area contributed by atoms with Crippen LogP contribution < -0.4 is 10.5 Å². The number of nitrogens with two attached hydrogens (primary N) is 1. The largest absolute Gasteiger partial charge is 0.504 e. The van der Waals surface area contributed by atoms with Gasteiger partial charge in [0.15, 0.2) is 11.5 Å². The Balaban J connectivity index is 2.70. The molecule has 0 aliphatic rings. The Morgan fingerprint density at radius 1 is 1.44 bits per heavy atom. The first-order valence-electron chi connectivity index (χ1n) is 4.98. The van der Waals surface area contributed by atoms with E-state index in [1.165, 1.54) is 25.3 Å². The van der Waals surface area contributed by atoms with Crippen molar-refractivity contribution in [2.75, 3.05) is 13.7 Å². The van der Waals surface area contributed by atoms with Crippen molar-refractivity contribution in [2.45, 2.75) is 6.04 Å². The van der Waals surface area contributed by atoms with Crippen LogP contribution in [0.3, 0.4) is 0 Å². The lowest BCUT2D eigenvalue weighted by atomic mass is 10.2. The number of rotatable bonds is 5. The summed E-state index contributed by atoms with van der Waals surface area (Å²) < 4.78 is 9.53. The Labute approximate surface area is 103 Å². The van der Waals surface area contributed by atoms with Gasteiger partial charge in [0, 0.05) is 0 Å². The van der Waals surface area contributed by atoms with Crippen molar-refractivity contribution in [3.8, 4) is 11.5 Å². The molecule has 0 radical (unpaired) electrons. The molecule has 0 saturated heterocycles. The zero-order valence-corrected chi connectivity index (χ0v) is 9.62. The fourth-order valence-corrected chi connectivity index (χ4v) is 1.12. The topological polar surface area (TPSA) is 119 Å². The molecule has 4 N–H and O–H groups in total. The second-order valence-electron chi connectivity index (χ2n) is 3.43. The predicted molar refractivity (Wildman–Crippen MR) is 60.6 cm³/mol. The van der Waals surface area contributed by atoms with Crippen molar-refractivity contribution < 1.29 is 29.3 Å². The second kappa shape index (κ2) is 5.87. The van der Waals surface area contributed by atoms with Gasteiger partial charge in [0.05, 0.1) is 12.7 Å². The molecule has 7 heteroatoms. The van der Waals surface area contributed by atoms with E-state index in [-0.39, 0.29) is 17.1 Å². The van der Waals surface area contributed by atoms with Gasteiger partial charge in [0.25, 0.3) is 0 Å². The molecular formula is C11H13NO6. The zero-order chi connectivity index (χ0) is 13.7. The molecule has 1 aromatic rings. The maximum absolute atomic E-state index is 11.5. The quantitative estimate of drug-likeness (QED) is 0.632. The number of carbonyl (C=O) groups is 2. The minimum absolute atomic E-state index is 0.115. The number of phenolic OH excluding ortho intramolecular Hbond substituents is 1. The molecule has 0 heterocycles. The van der Waals surface area contributed by atoms with Crippen molar-refractivity contribution in [2.24, 2.45) is 5.73 Å². The average Bonchev–Trinajstić information content (AvgIpc) is 2.35. The molecule has 0 fully saturated rings. The Morgan fingerprint density at radius 3 is 2.67 bits per heavy atom. The zero-order valence-electron chi connectivity index (χ0n) is 9.62. The third-order valence-corrected chi connectivity index (χ3v) is 2.13. The summed E-state index contributed by atoms with van der Waals surface area (Å²) in [4.78, 5) is 22.0. The molecule has 18 heavy (non-hydrogen) atoms. The standard InChI is InChI=1S/C11H13NO6/c1-17-9-4-6(2-3-8(9)13)11(16)18-5-7(12)10(14)15/h2-4,7,13H,5,12H2,1H3,(H,14,15)/t7-/m0/s1. The molecule has 0 saturated carbocycles. The number of aliphatic carboxylic acids is 1. The van der Waals surface area contributed by atoms with E-state index in [4.69, 9.17) is 20.3 Å². The van der Waals surface area contributed by atoms with Crippen molar-refractivity contribution in [1.82, 2.24) is 0 Å². The lowest BCUT2D eigenvalue weighted by molar-refractivity contribution is -0.139. The van der Waals surface area contributed by atoms with Gasteiger partial charge in [-0.05, 0) is 18.2 Å². The molecule has 7 nitrogen and oxygen atoms in total. The number of benzene rings is 1. The number of carboxylic acid groups (broad SMARTS) is 1. The average molecular weight is 255 g/mol. The van der Waals surface area contributed by atoms with Crippen LogP contribution in [0.25, 0.3) is 0 Å². The molecule has 0 amide bonds. The first-order chi connectivity index (χ1) is 8.45. The van der Waals surface area contributed by atoms with Crippen LogP contribution >= 0.6 is 0 Å². The van der Waals surface area contributed by atoms with E-state index < -0.39 is 24.6 Å². The van der Waals surface area contributed by atoms with Crippen LogP contribution in [0.4, 0.5) is 0 Å². The smallest absolute Gasteiger partial charge is 0.338 e. The molecule has 1 aromatic carbocycles. The summed E-state index contributed by atoms with van der Waals surface area (Å²) in [6, 6.07) is 2.61. The fourth-order valence-electron chi connectivity index (χ4n) is 1.12. The molecular weight excluding hydrogens is 242 g/mol. The van der Waals surface area contributed by atoms with Gasteiger partial charge in [-0.3, -0.25) is 4.79 Å². The summed E-state index contributed by atoms with van der Waals surface area (Å²) in [6.07, 6.45) is 0. The van der Waals surface area contributed by atoms with Crippen LogP contribution in [0.5, 0.6) is 11.5 Å². The monoisotopic (exact) mass is 255 g/mol. The van der Waals surface area contributed by atoms with Crippen LogP contribution in [0, 0.1) is 0 Å². The van der Waals surface area contributed by atoms with Gasteiger partial charge in [0.1, 0.15) is 12.6 Å². The number of phenols is 1. The van der Waals surface area contributed by atoms with E-state index in [0.717, 1.165) is 0 Å². The van der Waals surface area contributed by atoms with Crippen LogP contribution in [-0.4, -0.2) is 41.9 Å². The van der Waals surface area contributed by atoms with Crippen molar-refractivity contribution in [3.05, 3.63) is 23.8 Å². The third kappa shape index (κ3) is 3.36. The van der Waals surface area contributed by atoms with Gasteiger partial charge in [-0.15, -0.1) is 0 Å². The summed E-state index contributed by atoms with van der Waals surface area (Å²) in [5, 5.41) is 17.8. The van der Waals surface area contributed by atoms with Gasteiger partial charge in [-0.1, -0.05) is 0 Å². The van der Waals surface area contributed by atoms with E-state index >= 15 is 0 Å². The number of methoxy groups -OCH3 is 1. The summed E-state index contributed by atoms with van der Waals surface area (Å²) in [5.41, 5.74) is 5.31. The molecule has 0 spiro atoms. The number of hydrogen-bond donors (Lipinski definition) is 3. The summed E-state index contributed by atoms with van der Waals surface area (Å²) in [7, 11) is 1.34. The Kier molecular flexibility index (Phi) is 4.50. The van der Waals surface area contributed by atoms with Crippen LogP contribution in [0.15, 0.2) is 18.2 Å². The highest BCUT2D eigenvalue weighted by Crippen LogP contribution is 2.26. The first-order valence-corrected chi connectivity index (χ1v) is 4.98. The van der Waals surface area contributed by atoms with Gasteiger partial charge < -0.3 is 25.4 Å². The highest BCUT2D eigenvalue weighted by atomic mass is 16.5. The first kappa shape index (κ1) is 13.8. The van der Waals surface area contributed by atoms with Gasteiger partial charge in [0.2, 0.25) is 0 Å². The molecule has 1 rings (SSSR count). The molecule has 0 aliphatic heterocycles. The van der Waals surface area contributed by atoms with E-state index in [2.05, 4.69) is 0 Å². The van der Waals surface area contributed by atoms with Crippen molar-refractivity contribution in [1.29, 1.82) is 0 Å². The molecule has 0 unspecified atom stereocenters. The van der Waals surface area contributed by atoms with Crippen molar-refractivity contribution >= 4 is 11.9 Å². The summed E-state index contributed by atoms with van der Waals surface area (Å²) in [5.74, 6) is -2.00. The van der Waals surface area contributed by atoms with Crippen molar-refractivity contribution in [3.63, 3.8) is 0 Å². The molecule has 0 aromatic heterocycles. The van der Waals surface area contributed by atoms with E-state index in [1.807, 2.05) is 0 Å². The number of hydrogen-bond acceptors (Lipinski definition) is 6. The molecule has 98 valence electrons. The highest BCUT2D eigenvalue weighted by molar-refractivity contribution is 5.90. The summed E-state index contributed by atoms with van der Waals surface area (Å²) in [6.45, 7) is -0.433. The number of esters is 1. The SMILES string of the molecule is COc1cc(C(=O)OC[C@H](N)C(=O)O)ccc1O. The molecule has 1 atom stereocenters.